The lowest BCUT2D eigenvalue weighted by Crippen LogP contribution is -1.85. The van der Waals surface area contributed by atoms with E-state index < -0.39 is 0 Å². The fraction of sp³-hybridized carbons (Fsp3) is 0.308. The Morgan fingerprint density at radius 2 is 2.11 bits per heavy atom. The van der Waals surface area contributed by atoms with Gasteiger partial charge < -0.3 is 4.52 Å². The normalized spacial score (nSPS) is 10.2. The fourth-order valence-electron chi connectivity index (χ4n) is 1.42. The number of benzene rings is 1. The van der Waals surface area contributed by atoms with Gasteiger partial charge in [0.25, 0.3) is 5.89 Å². The van der Waals surface area contributed by atoms with Crippen molar-refractivity contribution in [1.82, 2.24) is 10.1 Å². The van der Waals surface area contributed by atoms with Gasteiger partial charge in [-0.2, -0.15) is 22.0 Å². The third kappa shape index (κ3) is 3.11. The average molecular weight is 259 g/mol. The fourth-order valence-corrected chi connectivity index (χ4v) is 2.16. The Balaban J connectivity index is 2.06. The minimum absolute atomic E-state index is 0.506. The topological polar surface area (TPSA) is 62.7 Å². The molecule has 92 valence electrons. The van der Waals surface area contributed by atoms with Crippen LogP contribution in [-0.2, 0) is 5.75 Å². The third-order valence-corrected chi connectivity index (χ3v) is 3.47. The minimum Gasteiger partial charge on any atom is -0.334 e. The van der Waals surface area contributed by atoms with E-state index in [0.29, 0.717) is 17.3 Å². The summed E-state index contributed by atoms with van der Waals surface area (Å²) in [6.07, 6.45) is 1.14. The quantitative estimate of drug-likeness (QED) is 0.771. The summed E-state index contributed by atoms with van der Waals surface area (Å²) in [6, 6.07) is 9.19. The molecule has 1 heterocycles. The molecule has 1 aromatic heterocycles. The maximum absolute atomic E-state index is 8.72. The molecule has 0 saturated carbocycles. The van der Waals surface area contributed by atoms with Crippen molar-refractivity contribution >= 4 is 11.8 Å². The highest BCUT2D eigenvalue weighted by atomic mass is 32.2. The van der Waals surface area contributed by atoms with E-state index in [1.54, 1.807) is 23.9 Å². The second-order valence-electron chi connectivity index (χ2n) is 3.76. The van der Waals surface area contributed by atoms with Crippen LogP contribution in [0.4, 0.5) is 0 Å². The molecule has 1 aromatic carbocycles. The number of thioether (sulfide) groups is 1. The molecule has 0 spiro atoms. The van der Waals surface area contributed by atoms with Crippen molar-refractivity contribution in [2.45, 2.75) is 19.1 Å². The second-order valence-corrected chi connectivity index (χ2v) is 4.86. The van der Waals surface area contributed by atoms with E-state index in [0.717, 1.165) is 23.5 Å². The molecular formula is C13H13N3OS. The average Bonchev–Trinajstić information content (AvgIpc) is 2.88. The molecule has 2 rings (SSSR count). The molecule has 0 atom stereocenters. The Bertz CT molecular complexity index is 542. The lowest BCUT2D eigenvalue weighted by Gasteiger charge is -1.93. The van der Waals surface area contributed by atoms with Gasteiger partial charge in [-0.05, 0) is 36.4 Å². The van der Waals surface area contributed by atoms with Crippen molar-refractivity contribution in [3.05, 3.63) is 35.7 Å². The molecular weight excluding hydrogens is 246 g/mol. The molecule has 0 saturated heterocycles. The van der Waals surface area contributed by atoms with E-state index in [4.69, 9.17) is 9.78 Å². The van der Waals surface area contributed by atoms with Gasteiger partial charge in [-0.15, -0.1) is 0 Å². The maximum Gasteiger partial charge on any atom is 0.257 e. The van der Waals surface area contributed by atoms with Crippen molar-refractivity contribution in [1.29, 1.82) is 5.26 Å². The molecule has 4 nitrogen and oxygen atoms in total. The van der Waals surface area contributed by atoms with Gasteiger partial charge in [0.1, 0.15) is 0 Å². The standard InChI is InChI=1S/C13H13N3OS/c1-2-7-18-9-12-15-13(17-16-12)11-5-3-10(8-14)4-6-11/h3-6H,2,7,9H2,1H3. The van der Waals surface area contributed by atoms with Crippen molar-refractivity contribution < 1.29 is 4.52 Å². The molecule has 0 aliphatic heterocycles. The predicted molar refractivity (Wildman–Crippen MR) is 70.9 cm³/mol. The van der Waals surface area contributed by atoms with Crippen molar-refractivity contribution in [3.8, 4) is 17.5 Å². The van der Waals surface area contributed by atoms with Gasteiger partial charge in [0, 0.05) is 5.56 Å². The van der Waals surface area contributed by atoms with Crippen LogP contribution in [0.5, 0.6) is 0 Å². The SMILES string of the molecule is CCCSCc1noc(-c2ccc(C#N)cc2)n1. The van der Waals surface area contributed by atoms with Gasteiger partial charge in [-0.1, -0.05) is 12.1 Å². The largest absolute Gasteiger partial charge is 0.334 e. The number of aromatic nitrogens is 2. The summed E-state index contributed by atoms with van der Waals surface area (Å²) in [5, 5.41) is 12.7. The Labute approximate surface area is 110 Å². The summed E-state index contributed by atoms with van der Waals surface area (Å²) in [5.41, 5.74) is 1.46. The minimum atomic E-state index is 0.506. The zero-order valence-electron chi connectivity index (χ0n) is 10.1. The molecule has 5 heteroatoms. The highest BCUT2D eigenvalue weighted by Gasteiger charge is 2.08. The smallest absolute Gasteiger partial charge is 0.257 e. The van der Waals surface area contributed by atoms with Crippen molar-refractivity contribution in [2.75, 3.05) is 5.75 Å². The van der Waals surface area contributed by atoms with E-state index in [1.807, 2.05) is 12.1 Å². The van der Waals surface area contributed by atoms with Gasteiger partial charge >= 0.3 is 0 Å². The number of hydrogen-bond acceptors (Lipinski definition) is 5. The Hall–Kier alpha value is -1.80. The van der Waals surface area contributed by atoms with Crippen LogP contribution in [0.1, 0.15) is 24.7 Å². The van der Waals surface area contributed by atoms with E-state index >= 15 is 0 Å². The second kappa shape index (κ2) is 6.22. The van der Waals surface area contributed by atoms with Crippen LogP contribution in [-0.4, -0.2) is 15.9 Å². The van der Waals surface area contributed by atoms with E-state index in [9.17, 15) is 0 Å². The summed E-state index contributed by atoms with van der Waals surface area (Å²) in [6.45, 7) is 2.14. The summed E-state index contributed by atoms with van der Waals surface area (Å²) < 4.78 is 5.20. The van der Waals surface area contributed by atoms with Gasteiger partial charge in [-0.25, -0.2) is 0 Å². The molecule has 0 fully saturated rings. The molecule has 0 aliphatic carbocycles. The first-order valence-corrected chi connectivity index (χ1v) is 6.90. The molecule has 2 aromatic rings. The zero-order valence-corrected chi connectivity index (χ0v) is 10.9. The van der Waals surface area contributed by atoms with Gasteiger partial charge in [0.05, 0.1) is 17.4 Å². The van der Waals surface area contributed by atoms with Crippen LogP contribution in [0.15, 0.2) is 28.8 Å². The third-order valence-electron chi connectivity index (χ3n) is 2.31. The molecule has 18 heavy (non-hydrogen) atoms. The van der Waals surface area contributed by atoms with E-state index in [1.165, 1.54) is 0 Å². The molecule has 0 bridgehead atoms. The van der Waals surface area contributed by atoms with Crippen LogP contribution in [0.2, 0.25) is 0 Å². The highest BCUT2D eigenvalue weighted by Crippen LogP contribution is 2.19. The molecule has 0 amide bonds. The van der Waals surface area contributed by atoms with Crippen LogP contribution in [0, 0.1) is 11.3 Å². The molecule has 0 unspecified atom stereocenters. The monoisotopic (exact) mass is 259 g/mol. The van der Waals surface area contributed by atoms with E-state index in [-0.39, 0.29) is 0 Å². The molecule has 0 radical (unpaired) electrons. The summed E-state index contributed by atoms with van der Waals surface area (Å²) in [5.74, 6) is 3.09. The van der Waals surface area contributed by atoms with Gasteiger partial charge in [0.15, 0.2) is 5.82 Å². The zero-order chi connectivity index (χ0) is 12.8. The van der Waals surface area contributed by atoms with Crippen molar-refractivity contribution in [2.24, 2.45) is 0 Å². The predicted octanol–water partition coefficient (Wildman–Crippen LogP) is 3.25. The van der Waals surface area contributed by atoms with Crippen LogP contribution < -0.4 is 0 Å². The molecule has 0 aliphatic rings. The number of nitriles is 1. The highest BCUT2D eigenvalue weighted by molar-refractivity contribution is 7.98. The summed E-state index contributed by atoms with van der Waals surface area (Å²) in [7, 11) is 0. The first kappa shape index (κ1) is 12.7. The number of rotatable bonds is 5. The van der Waals surface area contributed by atoms with Gasteiger partial charge in [-0.3, -0.25) is 0 Å². The van der Waals surface area contributed by atoms with Crippen molar-refractivity contribution in [3.63, 3.8) is 0 Å². The molecule has 0 N–H and O–H groups in total. The lowest BCUT2D eigenvalue weighted by molar-refractivity contribution is 0.425. The van der Waals surface area contributed by atoms with Crippen LogP contribution in [0.3, 0.4) is 0 Å². The summed E-state index contributed by atoms with van der Waals surface area (Å²) in [4.78, 5) is 4.33. The lowest BCUT2D eigenvalue weighted by atomic mass is 10.1. The number of hydrogen-bond donors (Lipinski definition) is 0. The van der Waals surface area contributed by atoms with E-state index in [2.05, 4.69) is 23.1 Å². The Morgan fingerprint density at radius 1 is 1.33 bits per heavy atom. The maximum atomic E-state index is 8.72. The Morgan fingerprint density at radius 3 is 2.78 bits per heavy atom. The summed E-state index contributed by atoms with van der Waals surface area (Å²) >= 11 is 1.79. The first-order valence-electron chi connectivity index (χ1n) is 5.74. The number of nitrogens with zero attached hydrogens (tertiary/aromatic N) is 3. The van der Waals surface area contributed by atoms with Crippen LogP contribution in [0.25, 0.3) is 11.5 Å². The Kier molecular flexibility index (Phi) is 4.37. The first-order chi connectivity index (χ1) is 8.83. The van der Waals surface area contributed by atoms with Gasteiger partial charge in [0.2, 0.25) is 0 Å². The van der Waals surface area contributed by atoms with Crippen LogP contribution >= 0.6 is 11.8 Å².